The third-order valence-electron chi connectivity index (χ3n) is 2.27. The summed E-state index contributed by atoms with van der Waals surface area (Å²) in [7, 11) is 3.72. The Labute approximate surface area is 87.3 Å². The molecule has 0 saturated heterocycles. The molecule has 0 bridgehead atoms. The number of nitrogens with zero attached hydrogens (tertiary/aromatic N) is 4. The highest BCUT2D eigenvalue weighted by atomic mass is 16.5. The summed E-state index contributed by atoms with van der Waals surface area (Å²) in [5.41, 5.74) is 1.89. The molecule has 6 nitrogen and oxygen atoms in total. The van der Waals surface area contributed by atoms with E-state index in [9.17, 15) is 0 Å². The summed E-state index contributed by atoms with van der Waals surface area (Å²) >= 11 is 0. The van der Waals surface area contributed by atoms with Crippen molar-refractivity contribution < 1.29 is 4.52 Å². The summed E-state index contributed by atoms with van der Waals surface area (Å²) in [5, 5.41) is 10.9. The maximum Gasteiger partial charge on any atom is 0.261 e. The van der Waals surface area contributed by atoms with Crippen LogP contribution >= 0.6 is 0 Å². The van der Waals surface area contributed by atoms with Gasteiger partial charge in [-0.15, -0.1) is 0 Å². The van der Waals surface area contributed by atoms with E-state index in [4.69, 9.17) is 4.52 Å². The summed E-state index contributed by atoms with van der Waals surface area (Å²) in [5.74, 6) is 1.17. The van der Waals surface area contributed by atoms with Crippen LogP contribution in [0.1, 0.15) is 11.5 Å². The minimum atomic E-state index is 0.519. The van der Waals surface area contributed by atoms with Crippen molar-refractivity contribution in [2.75, 3.05) is 7.05 Å². The largest absolute Gasteiger partial charge is 0.334 e. The van der Waals surface area contributed by atoms with Gasteiger partial charge in [0.2, 0.25) is 0 Å². The van der Waals surface area contributed by atoms with Crippen LogP contribution in [0.2, 0.25) is 0 Å². The van der Waals surface area contributed by atoms with Gasteiger partial charge in [0.1, 0.15) is 0 Å². The Balaban J connectivity index is 2.33. The van der Waals surface area contributed by atoms with Gasteiger partial charge >= 0.3 is 0 Å². The molecule has 0 fully saturated rings. The average molecular weight is 207 g/mol. The topological polar surface area (TPSA) is 68.8 Å². The van der Waals surface area contributed by atoms with Crippen LogP contribution in [0.15, 0.2) is 10.7 Å². The Hall–Kier alpha value is -1.69. The van der Waals surface area contributed by atoms with Crippen molar-refractivity contribution >= 4 is 0 Å². The van der Waals surface area contributed by atoms with E-state index in [2.05, 4.69) is 20.6 Å². The predicted octanol–water partition coefficient (Wildman–Crippen LogP) is 0.498. The second kappa shape index (κ2) is 3.82. The molecular weight excluding hydrogens is 194 g/mol. The van der Waals surface area contributed by atoms with Crippen molar-refractivity contribution in [2.45, 2.75) is 13.5 Å². The molecule has 2 aromatic heterocycles. The lowest BCUT2D eigenvalue weighted by molar-refractivity contribution is 0.420. The van der Waals surface area contributed by atoms with Gasteiger partial charge in [-0.05, 0) is 14.0 Å². The third-order valence-corrected chi connectivity index (χ3v) is 2.27. The maximum atomic E-state index is 5.14. The van der Waals surface area contributed by atoms with E-state index < -0.39 is 0 Å². The van der Waals surface area contributed by atoms with E-state index in [-0.39, 0.29) is 0 Å². The normalized spacial score (nSPS) is 10.9. The van der Waals surface area contributed by atoms with Crippen molar-refractivity contribution in [3.8, 4) is 11.5 Å². The van der Waals surface area contributed by atoms with Crippen LogP contribution in [0.4, 0.5) is 0 Å². The molecule has 0 spiro atoms. The molecule has 0 atom stereocenters. The quantitative estimate of drug-likeness (QED) is 0.793. The molecule has 2 rings (SSSR count). The Bertz CT molecular complexity index is 459. The van der Waals surface area contributed by atoms with E-state index in [0.29, 0.717) is 18.3 Å². The van der Waals surface area contributed by atoms with Crippen molar-refractivity contribution in [1.29, 1.82) is 0 Å². The zero-order valence-electron chi connectivity index (χ0n) is 8.98. The second-order valence-electron chi connectivity index (χ2n) is 3.31. The highest BCUT2D eigenvalue weighted by Crippen LogP contribution is 2.20. The molecule has 80 valence electrons. The molecule has 0 amide bonds. The van der Waals surface area contributed by atoms with Crippen LogP contribution < -0.4 is 5.32 Å². The van der Waals surface area contributed by atoms with E-state index in [1.54, 1.807) is 10.9 Å². The number of rotatable bonds is 3. The smallest absolute Gasteiger partial charge is 0.261 e. The molecule has 0 unspecified atom stereocenters. The molecule has 2 aromatic rings. The monoisotopic (exact) mass is 207 g/mol. The summed E-state index contributed by atoms with van der Waals surface area (Å²) in [6.07, 6.45) is 1.73. The lowest BCUT2D eigenvalue weighted by Gasteiger charge is -1.93. The van der Waals surface area contributed by atoms with Crippen molar-refractivity contribution in [1.82, 2.24) is 25.2 Å². The zero-order valence-corrected chi connectivity index (χ0v) is 8.98. The molecular formula is C9H13N5O. The van der Waals surface area contributed by atoms with Gasteiger partial charge in [-0.2, -0.15) is 10.1 Å². The lowest BCUT2D eigenvalue weighted by Crippen LogP contribution is -2.06. The molecule has 0 aromatic carbocycles. The Kier molecular flexibility index (Phi) is 2.51. The van der Waals surface area contributed by atoms with Crippen molar-refractivity contribution in [3.63, 3.8) is 0 Å². The van der Waals surface area contributed by atoms with Crippen LogP contribution in [0.3, 0.4) is 0 Å². The first-order valence-electron chi connectivity index (χ1n) is 4.68. The lowest BCUT2D eigenvalue weighted by atomic mass is 10.2. The third kappa shape index (κ3) is 1.75. The fourth-order valence-corrected chi connectivity index (χ4v) is 1.30. The van der Waals surface area contributed by atoms with E-state index in [0.717, 1.165) is 11.3 Å². The molecule has 0 saturated carbocycles. The van der Waals surface area contributed by atoms with Crippen LogP contribution in [0, 0.1) is 6.92 Å². The number of aryl methyl sites for hydroxylation is 1. The highest BCUT2D eigenvalue weighted by molar-refractivity contribution is 5.54. The number of nitrogens with one attached hydrogen (secondary N) is 1. The average Bonchev–Trinajstić information content (AvgIpc) is 2.77. The Morgan fingerprint density at radius 1 is 1.53 bits per heavy atom. The first-order valence-corrected chi connectivity index (χ1v) is 4.68. The molecule has 0 radical (unpaired) electrons. The summed E-state index contributed by atoms with van der Waals surface area (Å²) in [6, 6.07) is 0. The number of hydrogen-bond acceptors (Lipinski definition) is 5. The molecule has 15 heavy (non-hydrogen) atoms. The minimum absolute atomic E-state index is 0.519. The molecule has 0 aliphatic carbocycles. The fourth-order valence-electron chi connectivity index (χ4n) is 1.30. The zero-order chi connectivity index (χ0) is 10.8. The van der Waals surface area contributed by atoms with Gasteiger partial charge in [0.15, 0.2) is 5.82 Å². The molecule has 0 aliphatic rings. The first-order chi connectivity index (χ1) is 7.22. The SMILES string of the molecule is CNCc1noc(-c2cnn(C)c2C)n1. The van der Waals surface area contributed by atoms with Gasteiger partial charge < -0.3 is 9.84 Å². The standard InChI is InChI=1S/C9H13N5O/c1-6-7(4-11-14(6)3)9-12-8(5-10-2)13-15-9/h4,10H,5H2,1-3H3. The summed E-state index contributed by atoms with van der Waals surface area (Å²) in [6.45, 7) is 2.56. The Morgan fingerprint density at radius 2 is 2.33 bits per heavy atom. The van der Waals surface area contributed by atoms with E-state index in [1.807, 2.05) is 21.0 Å². The van der Waals surface area contributed by atoms with Crippen LogP contribution in [-0.2, 0) is 13.6 Å². The van der Waals surface area contributed by atoms with Crippen molar-refractivity contribution in [3.05, 3.63) is 17.7 Å². The molecule has 0 aliphatic heterocycles. The van der Waals surface area contributed by atoms with Gasteiger partial charge in [-0.1, -0.05) is 5.16 Å². The Morgan fingerprint density at radius 3 is 2.93 bits per heavy atom. The highest BCUT2D eigenvalue weighted by Gasteiger charge is 2.13. The van der Waals surface area contributed by atoms with Gasteiger partial charge in [-0.3, -0.25) is 4.68 Å². The van der Waals surface area contributed by atoms with Gasteiger partial charge in [0.25, 0.3) is 5.89 Å². The maximum absolute atomic E-state index is 5.14. The van der Waals surface area contributed by atoms with Crippen LogP contribution in [0.25, 0.3) is 11.5 Å². The molecule has 2 heterocycles. The van der Waals surface area contributed by atoms with Crippen molar-refractivity contribution in [2.24, 2.45) is 7.05 Å². The van der Waals surface area contributed by atoms with E-state index in [1.165, 1.54) is 0 Å². The van der Waals surface area contributed by atoms with E-state index >= 15 is 0 Å². The number of hydrogen-bond donors (Lipinski definition) is 1. The van der Waals surface area contributed by atoms with Gasteiger partial charge in [0, 0.05) is 12.7 Å². The molecule has 1 N–H and O–H groups in total. The fraction of sp³-hybridized carbons (Fsp3) is 0.444. The molecule has 6 heteroatoms. The number of aromatic nitrogens is 4. The minimum Gasteiger partial charge on any atom is -0.334 e. The first kappa shape index (κ1) is 9.85. The summed E-state index contributed by atoms with van der Waals surface area (Å²) < 4.78 is 6.92. The van der Waals surface area contributed by atoms with Gasteiger partial charge in [-0.25, -0.2) is 0 Å². The van der Waals surface area contributed by atoms with Crippen LogP contribution in [0.5, 0.6) is 0 Å². The summed E-state index contributed by atoms with van der Waals surface area (Å²) in [4.78, 5) is 4.25. The van der Waals surface area contributed by atoms with Crippen LogP contribution in [-0.4, -0.2) is 27.0 Å². The predicted molar refractivity (Wildman–Crippen MR) is 54.0 cm³/mol. The van der Waals surface area contributed by atoms with Gasteiger partial charge in [0.05, 0.1) is 18.3 Å². The second-order valence-corrected chi connectivity index (χ2v) is 3.31.